The van der Waals surface area contributed by atoms with Crippen molar-refractivity contribution in [1.29, 1.82) is 0 Å². The Labute approximate surface area is 195 Å². The molecule has 2 heterocycles. The largest absolute Gasteiger partial charge is 0.478 e. The van der Waals surface area contributed by atoms with Crippen LogP contribution in [0, 0.1) is 5.92 Å². The van der Waals surface area contributed by atoms with Crippen LogP contribution in [0.3, 0.4) is 0 Å². The van der Waals surface area contributed by atoms with Crippen molar-refractivity contribution in [2.24, 2.45) is 13.0 Å². The number of benzene rings is 2. The smallest absolute Gasteiger partial charge is 0.335 e. The first-order chi connectivity index (χ1) is 16.0. The average molecular weight is 445 g/mol. The Kier molecular flexibility index (Phi) is 6.29. The highest BCUT2D eigenvalue weighted by atomic mass is 16.4. The van der Waals surface area contributed by atoms with Gasteiger partial charge in [0.1, 0.15) is 0 Å². The lowest BCUT2D eigenvalue weighted by Gasteiger charge is -2.32. The molecule has 0 bridgehead atoms. The quantitative estimate of drug-likeness (QED) is 0.546. The van der Waals surface area contributed by atoms with Crippen LogP contribution in [0.15, 0.2) is 60.9 Å². The maximum atomic E-state index is 11.0. The zero-order valence-corrected chi connectivity index (χ0v) is 19.2. The van der Waals surface area contributed by atoms with E-state index in [-0.39, 0.29) is 0 Å². The molecular formula is C27H32N4O2. The SMILES string of the molecule is Cn1cc(-c2ccc([C@H]3C[C@@H]3NCC3CCN(Cc4ccc(C(=O)O)cc4)CC3)cc2)cn1. The van der Waals surface area contributed by atoms with Gasteiger partial charge < -0.3 is 10.4 Å². The van der Waals surface area contributed by atoms with Gasteiger partial charge >= 0.3 is 5.97 Å². The normalized spacial score (nSPS) is 21.2. The van der Waals surface area contributed by atoms with E-state index in [0.717, 1.165) is 37.7 Å². The molecule has 0 spiro atoms. The summed E-state index contributed by atoms with van der Waals surface area (Å²) in [5, 5.41) is 17.1. The van der Waals surface area contributed by atoms with E-state index in [1.807, 2.05) is 30.1 Å². The topological polar surface area (TPSA) is 70.4 Å². The van der Waals surface area contributed by atoms with Crippen LogP contribution in [0.2, 0.25) is 0 Å². The molecule has 5 rings (SSSR count). The van der Waals surface area contributed by atoms with Crippen molar-refractivity contribution in [2.75, 3.05) is 19.6 Å². The minimum Gasteiger partial charge on any atom is -0.478 e. The Hall–Kier alpha value is -2.96. The van der Waals surface area contributed by atoms with Crippen LogP contribution in [0.4, 0.5) is 0 Å². The molecule has 0 radical (unpaired) electrons. The van der Waals surface area contributed by atoms with Gasteiger partial charge in [0.2, 0.25) is 0 Å². The lowest BCUT2D eigenvalue weighted by Crippen LogP contribution is -2.37. The standard InChI is InChI=1S/C27H32N4O2/c1-30-18-24(16-29-30)21-6-8-22(9-7-21)25-14-26(25)28-15-19-10-12-31(13-11-19)17-20-2-4-23(5-3-20)27(32)33/h2-9,16,18-19,25-26,28H,10-15,17H2,1H3,(H,32,33)/t25-,26+/m1/s1. The van der Waals surface area contributed by atoms with Crippen molar-refractivity contribution in [3.05, 3.63) is 77.6 Å². The number of nitrogens with one attached hydrogen (secondary N) is 1. The number of hydrogen-bond acceptors (Lipinski definition) is 4. The number of piperidine rings is 1. The summed E-state index contributed by atoms with van der Waals surface area (Å²) < 4.78 is 1.84. The van der Waals surface area contributed by atoms with E-state index in [1.54, 1.807) is 12.1 Å². The molecule has 1 saturated carbocycles. The summed E-state index contributed by atoms with van der Waals surface area (Å²) in [6, 6.07) is 16.9. The number of hydrogen-bond donors (Lipinski definition) is 2. The van der Waals surface area contributed by atoms with Crippen LogP contribution in [-0.4, -0.2) is 51.4 Å². The van der Waals surface area contributed by atoms with E-state index in [0.29, 0.717) is 17.5 Å². The molecule has 2 aromatic carbocycles. The third-order valence-corrected chi connectivity index (χ3v) is 7.15. The van der Waals surface area contributed by atoms with E-state index in [9.17, 15) is 4.79 Å². The molecule has 1 aliphatic heterocycles. The summed E-state index contributed by atoms with van der Waals surface area (Å²) in [5.74, 6) is 0.515. The predicted octanol–water partition coefficient (Wildman–Crippen LogP) is 4.14. The van der Waals surface area contributed by atoms with E-state index in [1.165, 1.54) is 36.0 Å². The summed E-state index contributed by atoms with van der Waals surface area (Å²) in [4.78, 5) is 13.5. The van der Waals surface area contributed by atoms with Gasteiger partial charge in [-0.3, -0.25) is 9.58 Å². The second-order valence-corrected chi connectivity index (χ2v) is 9.60. The van der Waals surface area contributed by atoms with Crippen LogP contribution < -0.4 is 5.32 Å². The van der Waals surface area contributed by atoms with Crippen molar-refractivity contribution in [3.63, 3.8) is 0 Å². The fourth-order valence-corrected chi connectivity index (χ4v) is 4.96. The molecule has 172 valence electrons. The van der Waals surface area contributed by atoms with Crippen LogP contribution in [0.5, 0.6) is 0 Å². The van der Waals surface area contributed by atoms with Crippen molar-refractivity contribution >= 4 is 5.97 Å². The van der Waals surface area contributed by atoms with Gasteiger partial charge in [0, 0.05) is 37.3 Å². The van der Waals surface area contributed by atoms with Crippen LogP contribution in [0.25, 0.3) is 11.1 Å². The number of carboxylic acids is 1. The lowest BCUT2D eigenvalue weighted by molar-refractivity contribution is 0.0697. The van der Waals surface area contributed by atoms with Gasteiger partial charge in [0.15, 0.2) is 0 Å². The van der Waals surface area contributed by atoms with Gasteiger partial charge in [-0.25, -0.2) is 4.79 Å². The number of carboxylic acid groups (broad SMARTS) is 1. The fourth-order valence-electron chi connectivity index (χ4n) is 4.96. The Morgan fingerprint density at radius 1 is 1.06 bits per heavy atom. The molecule has 0 unspecified atom stereocenters. The van der Waals surface area contributed by atoms with Gasteiger partial charge in [-0.1, -0.05) is 36.4 Å². The van der Waals surface area contributed by atoms with Crippen molar-refractivity contribution in [3.8, 4) is 11.1 Å². The second kappa shape index (κ2) is 9.49. The van der Waals surface area contributed by atoms with Crippen LogP contribution >= 0.6 is 0 Å². The van der Waals surface area contributed by atoms with E-state index < -0.39 is 5.97 Å². The molecule has 33 heavy (non-hydrogen) atoms. The lowest BCUT2D eigenvalue weighted by atomic mass is 9.96. The number of aromatic carboxylic acids is 1. The van der Waals surface area contributed by atoms with Crippen molar-refractivity contribution in [1.82, 2.24) is 20.0 Å². The summed E-state index contributed by atoms with van der Waals surface area (Å²) in [6.45, 7) is 4.23. The number of likely N-dealkylation sites (tertiary alicyclic amines) is 1. The molecule has 1 saturated heterocycles. The summed E-state index contributed by atoms with van der Waals surface area (Å²) >= 11 is 0. The molecule has 6 heteroatoms. The monoisotopic (exact) mass is 444 g/mol. The molecule has 2 N–H and O–H groups in total. The van der Waals surface area contributed by atoms with Gasteiger partial charge in [-0.2, -0.15) is 5.10 Å². The van der Waals surface area contributed by atoms with E-state index in [4.69, 9.17) is 5.11 Å². The molecule has 0 amide bonds. The fraction of sp³-hybridized carbons (Fsp3) is 0.407. The zero-order chi connectivity index (χ0) is 22.8. The first-order valence-electron chi connectivity index (χ1n) is 11.9. The first-order valence-corrected chi connectivity index (χ1v) is 11.9. The molecule has 6 nitrogen and oxygen atoms in total. The number of aromatic nitrogens is 2. The Balaban J connectivity index is 1.03. The minimum absolute atomic E-state index is 0.353. The van der Waals surface area contributed by atoms with Gasteiger partial charge in [-0.05, 0) is 73.6 Å². The maximum absolute atomic E-state index is 11.0. The van der Waals surface area contributed by atoms with Gasteiger partial charge in [0.05, 0.1) is 11.8 Å². The molecule has 1 aliphatic carbocycles. The molecule has 2 fully saturated rings. The van der Waals surface area contributed by atoms with E-state index >= 15 is 0 Å². The number of aryl methyl sites for hydroxylation is 1. The molecule has 2 atom stereocenters. The third-order valence-electron chi connectivity index (χ3n) is 7.15. The van der Waals surface area contributed by atoms with Gasteiger partial charge in [-0.15, -0.1) is 0 Å². The summed E-state index contributed by atoms with van der Waals surface area (Å²) in [7, 11) is 1.95. The third kappa shape index (κ3) is 5.34. The molecule has 3 aromatic rings. The average Bonchev–Trinajstić information content (AvgIpc) is 3.49. The number of carbonyl (C=O) groups is 1. The van der Waals surface area contributed by atoms with Crippen LogP contribution in [-0.2, 0) is 13.6 Å². The Bertz CT molecular complexity index is 1080. The van der Waals surface area contributed by atoms with Crippen LogP contribution in [0.1, 0.15) is 46.7 Å². The molecule has 1 aromatic heterocycles. The van der Waals surface area contributed by atoms with Crippen molar-refractivity contribution < 1.29 is 9.90 Å². The number of nitrogens with zero attached hydrogens (tertiary/aromatic N) is 3. The summed E-state index contributed by atoms with van der Waals surface area (Å²) in [5.41, 5.74) is 5.36. The Morgan fingerprint density at radius 3 is 2.42 bits per heavy atom. The van der Waals surface area contributed by atoms with Crippen molar-refractivity contribution in [2.45, 2.75) is 37.8 Å². The molecule has 2 aliphatic rings. The maximum Gasteiger partial charge on any atom is 0.335 e. The zero-order valence-electron chi connectivity index (χ0n) is 19.2. The minimum atomic E-state index is -0.866. The highest BCUT2D eigenvalue weighted by Crippen LogP contribution is 2.41. The first kappa shape index (κ1) is 21.9. The predicted molar refractivity (Wildman–Crippen MR) is 129 cm³/mol. The summed E-state index contributed by atoms with van der Waals surface area (Å²) in [6.07, 6.45) is 7.64. The second-order valence-electron chi connectivity index (χ2n) is 9.60. The Morgan fingerprint density at radius 2 is 1.79 bits per heavy atom. The molecular weight excluding hydrogens is 412 g/mol. The van der Waals surface area contributed by atoms with E-state index in [2.05, 4.69) is 45.8 Å². The van der Waals surface area contributed by atoms with Gasteiger partial charge in [0.25, 0.3) is 0 Å². The number of rotatable bonds is 8. The highest BCUT2D eigenvalue weighted by Gasteiger charge is 2.38. The highest BCUT2D eigenvalue weighted by molar-refractivity contribution is 5.87.